The van der Waals surface area contributed by atoms with Crippen LogP contribution < -0.4 is 10.6 Å². The first-order chi connectivity index (χ1) is 13.6. The molecule has 2 heterocycles. The average Bonchev–Trinajstić information content (AvgIpc) is 3.44. The number of fused-ring (bicyclic) bond motifs is 1. The van der Waals surface area contributed by atoms with E-state index < -0.39 is 11.9 Å². The van der Waals surface area contributed by atoms with Crippen molar-refractivity contribution in [2.75, 3.05) is 12.4 Å². The number of para-hydroxylation sites is 1. The van der Waals surface area contributed by atoms with E-state index in [4.69, 9.17) is 4.74 Å². The first kappa shape index (κ1) is 17.7. The lowest BCUT2D eigenvalue weighted by Crippen LogP contribution is -2.26. The second kappa shape index (κ2) is 7.15. The fourth-order valence-electron chi connectivity index (χ4n) is 2.90. The number of aromatic nitrogens is 2. The number of imidazole rings is 1. The zero-order chi connectivity index (χ0) is 19.7. The maximum absolute atomic E-state index is 12.9. The van der Waals surface area contributed by atoms with Crippen LogP contribution in [-0.4, -0.2) is 40.3 Å². The van der Waals surface area contributed by atoms with E-state index in [1.165, 1.54) is 7.11 Å². The van der Waals surface area contributed by atoms with Gasteiger partial charge in [-0.05, 0) is 37.1 Å². The van der Waals surface area contributed by atoms with Gasteiger partial charge in [-0.15, -0.1) is 0 Å². The first-order valence-electron chi connectivity index (χ1n) is 8.85. The van der Waals surface area contributed by atoms with Crippen LogP contribution in [0.2, 0.25) is 0 Å². The first-order valence-corrected chi connectivity index (χ1v) is 8.85. The van der Waals surface area contributed by atoms with Crippen LogP contribution in [0.5, 0.6) is 0 Å². The molecule has 1 aliphatic rings. The Labute approximate surface area is 160 Å². The molecule has 1 aliphatic carbocycles. The summed E-state index contributed by atoms with van der Waals surface area (Å²) in [6.45, 7) is 0. The maximum Gasteiger partial charge on any atom is 0.339 e. The van der Waals surface area contributed by atoms with Crippen molar-refractivity contribution in [3.8, 4) is 0 Å². The number of hydrogen-bond donors (Lipinski definition) is 2. The summed E-state index contributed by atoms with van der Waals surface area (Å²) >= 11 is 0. The monoisotopic (exact) mass is 378 g/mol. The topological polar surface area (TPSA) is 102 Å². The Bertz CT molecular complexity index is 1080. The number of esters is 1. The number of hydrogen-bond acceptors (Lipinski definition) is 5. The molecule has 0 aliphatic heterocycles. The van der Waals surface area contributed by atoms with Gasteiger partial charge < -0.3 is 15.4 Å². The standard InChI is InChI=1S/C20H18N4O4/c1-28-20(27)13-6-2-3-7-14(13)22-19(26)17-23-16(18(25)21-12-9-10-12)15-8-4-5-11-24(15)17/h2-8,11-12H,9-10H2,1H3,(H,21,25)(H,22,26). The smallest absolute Gasteiger partial charge is 0.339 e. The van der Waals surface area contributed by atoms with E-state index in [0.717, 1.165) is 12.8 Å². The lowest BCUT2D eigenvalue weighted by molar-refractivity contribution is 0.0601. The van der Waals surface area contributed by atoms with Crippen LogP contribution in [0.25, 0.3) is 5.52 Å². The number of amides is 2. The van der Waals surface area contributed by atoms with Gasteiger partial charge >= 0.3 is 5.97 Å². The van der Waals surface area contributed by atoms with E-state index >= 15 is 0 Å². The van der Waals surface area contributed by atoms with Crippen LogP contribution in [0.3, 0.4) is 0 Å². The predicted molar refractivity (Wildman–Crippen MR) is 101 cm³/mol. The van der Waals surface area contributed by atoms with Crippen molar-refractivity contribution in [1.29, 1.82) is 0 Å². The molecule has 2 N–H and O–H groups in total. The van der Waals surface area contributed by atoms with Gasteiger partial charge in [0.05, 0.1) is 23.9 Å². The summed E-state index contributed by atoms with van der Waals surface area (Å²) in [5, 5.41) is 5.57. The van der Waals surface area contributed by atoms with E-state index in [1.54, 1.807) is 53.1 Å². The number of methoxy groups -OCH3 is 1. The predicted octanol–water partition coefficient (Wildman–Crippen LogP) is 2.27. The Morgan fingerprint density at radius 3 is 2.57 bits per heavy atom. The molecule has 142 valence electrons. The van der Waals surface area contributed by atoms with Crippen molar-refractivity contribution in [3.63, 3.8) is 0 Å². The van der Waals surface area contributed by atoms with Gasteiger partial charge in [0, 0.05) is 12.2 Å². The van der Waals surface area contributed by atoms with Crippen molar-refractivity contribution >= 4 is 29.0 Å². The number of pyridine rings is 1. The molecule has 2 aromatic heterocycles. The second-order valence-corrected chi connectivity index (χ2v) is 6.48. The molecule has 0 saturated heterocycles. The SMILES string of the molecule is COC(=O)c1ccccc1NC(=O)c1nc(C(=O)NC2CC2)c2ccccn12. The van der Waals surface area contributed by atoms with Gasteiger partial charge in [0.1, 0.15) is 0 Å². The third-order valence-corrected chi connectivity index (χ3v) is 4.46. The van der Waals surface area contributed by atoms with Crippen LogP contribution in [0.4, 0.5) is 5.69 Å². The molecule has 0 unspecified atom stereocenters. The zero-order valence-electron chi connectivity index (χ0n) is 15.1. The van der Waals surface area contributed by atoms with Crippen molar-refractivity contribution in [2.24, 2.45) is 0 Å². The summed E-state index contributed by atoms with van der Waals surface area (Å²) < 4.78 is 6.30. The lowest BCUT2D eigenvalue weighted by Gasteiger charge is -2.09. The molecular weight excluding hydrogens is 360 g/mol. The number of ether oxygens (including phenoxy) is 1. The van der Waals surface area contributed by atoms with Gasteiger partial charge in [-0.25, -0.2) is 9.78 Å². The fraction of sp³-hybridized carbons (Fsp3) is 0.200. The number of nitrogens with zero attached hydrogens (tertiary/aromatic N) is 2. The highest BCUT2D eigenvalue weighted by atomic mass is 16.5. The normalized spacial score (nSPS) is 13.2. The van der Waals surface area contributed by atoms with Gasteiger partial charge in [-0.1, -0.05) is 18.2 Å². The van der Waals surface area contributed by atoms with E-state index in [9.17, 15) is 14.4 Å². The Kier molecular flexibility index (Phi) is 4.52. The molecule has 0 radical (unpaired) electrons. The number of carbonyl (C=O) groups excluding carboxylic acids is 3. The van der Waals surface area contributed by atoms with Crippen LogP contribution in [0.1, 0.15) is 44.3 Å². The van der Waals surface area contributed by atoms with Crippen LogP contribution >= 0.6 is 0 Å². The van der Waals surface area contributed by atoms with Crippen LogP contribution in [0, 0.1) is 0 Å². The molecule has 0 spiro atoms. The Morgan fingerprint density at radius 1 is 1.07 bits per heavy atom. The number of rotatable bonds is 5. The summed E-state index contributed by atoms with van der Waals surface area (Å²) in [5.74, 6) is -1.35. The minimum atomic E-state index is -0.562. The highest BCUT2D eigenvalue weighted by molar-refractivity contribution is 6.08. The zero-order valence-corrected chi connectivity index (χ0v) is 15.1. The number of anilines is 1. The fourth-order valence-corrected chi connectivity index (χ4v) is 2.90. The van der Waals surface area contributed by atoms with E-state index in [2.05, 4.69) is 15.6 Å². The molecule has 0 bridgehead atoms. The van der Waals surface area contributed by atoms with E-state index in [-0.39, 0.29) is 29.0 Å². The Morgan fingerprint density at radius 2 is 1.82 bits per heavy atom. The molecule has 8 nitrogen and oxygen atoms in total. The van der Waals surface area contributed by atoms with Gasteiger partial charge in [0.2, 0.25) is 5.82 Å². The minimum Gasteiger partial charge on any atom is -0.465 e. The van der Waals surface area contributed by atoms with E-state index in [1.807, 2.05) is 0 Å². The summed E-state index contributed by atoms with van der Waals surface area (Å²) in [7, 11) is 1.27. The van der Waals surface area contributed by atoms with Gasteiger partial charge in [0.15, 0.2) is 5.69 Å². The third kappa shape index (κ3) is 3.32. The van der Waals surface area contributed by atoms with Crippen LogP contribution in [-0.2, 0) is 4.74 Å². The average molecular weight is 378 g/mol. The summed E-state index contributed by atoms with van der Waals surface area (Å²) in [5.41, 5.74) is 1.26. The van der Waals surface area contributed by atoms with Crippen molar-refractivity contribution < 1.29 is 19.1 Å². The summed E-state index contributed by atoms with van der Waals surface area (Å²) in [6, 6.07) is 12.0. The third-order valence-electron chi connectivity index (χ3n) is 4.46. The minimum absolute atomic E-state index is 0.0521. The molecule has 1 fully saturated rings. The maximum atomic E-state index is 12.9. The van der Waals surface area contributed by atoms with Gasteiger partial charge in [-0.3, -0.25) is 14.0 Å². The van der Waals surface area contributed by atoms with Gasteiger partial charge in [-0.2, -0.15) is 0 Å². The van der Waals surface area contributed by atoms with Crippen molar-refractivity contribution in [2.45, 2.75) is 18.9 Å². The largest absolute Gasteiger partial charge is 0.465 e. The van der Waals surface area contributed by atoms with Crippen LogP contribution in [0.15, 0.2) is 48.7 Å². The summed E-state index contributed by atoms with van der Waals surface area (Å²) in [4.78, 5) is 41.6. The second-order valence-electron chi connectivity index (χ2n) is 6.48. The Balaban J connectivity index is 1.69. The lowest BCUT2D eigenvalue weighted by atomic mass is 10.2. The number of carbonyl (C=O) groups is 3. The highest BCUT2D eigenvalue weighted by Crippen LogP contribution is 2.22. The summed E-state index contributed by atoms with van der Waals surface area (Å²) in [6.07, 6.45) is 3.57. The molecule has 4 rings (SSSR count). The quantitative estimate of drug-likeness (QED) is 0.663. The molecule has 3 aromatic rings. The Hall–Kier alpha value is -3.68. The molecule has 8 heteroatoms. The molecule has 1 saturated carbocycles. The molecular formula is C20H18N4O4. The van der Waals surface area contributed by atoms with Crippen molar-refractivity contribution in [3.05, 3.63) is 65.7 Å². The van der Waals surface area contributed by atoms with E-state index in [0.29, 0.717) is 11.2 Å². The van der Waals surface area contributed by atoms with Crippen molar-refractivity contribution in [1.82, 2.24) is 14.7 Å². The molecule has 28 heavy (non-hydrogen) atoms. The highest BCUT2D eigenvalue weighted by Gasteiger charge is 2.28. The number of benzene rings is 1. The molecule has 1 aromatic carbocycles. The molecule has 0 atom stereocenters. The molecule has 2 amide bonds. The number of nitrogens with one attached hydrogen (secondary N) is 2. The van der Waals surface area contributed by atoms with Gasteiger partial charge in [0.25, 0.3) is 11.8 Å².